The van der Waals surface area contributed by atoms with Crippen LogP contribution in [-0.2, 0) is 38.0 Å². The summed E-state index contributed by atoms with van der Waals surface area (Å²) in [5.74, 6) is 0. The van der Waals surface area contributed by atoms with E-state index in [-0.39, 0.29) is 18.1 Å². The lowest BCUT2D eigenvalue weighted by Crippen LogP contribution is -2.15. The van der Waals surface area contributed by atoms with E-state index in [1.165, 1.54) is 89.2 Å². The van der Waals surface area contributed by atoms with Crippen LogP contribution in [0.25, 0.3) is 0 Å². The van der Waals surface area contributed by atoms with Crippen molar-refractivity contribution in [3.63, 3.8) is 0 Å². The zero-order valence-electron chi connectivity index (χ0n) is 26.0. The van der Waals surface area contributed by atoms with Crippen molar-refractivity contribution in [2.75, 3.05) is 72.7 Å². The summed E-state index contributed by atoms with van der Waals surface area (Å²) < 4.78 is 56.5. The first-order valence-electron chi connectivity index (χ1n) is 15.9. The molecule has 0 heterocycles. The molecule has 1 aromatic rings. The van der Waals surface area contributed by atoms with E-state index in [1.807, 2.05) is 6.92 Å². The summed E-state index contributed by atoms with van der Waals surface area (Å²) >= 11 is 0. The third kappa shape index (κ3) is 24.1. The van der Waals surface area contributed by atoms with Crippen molar-refractivity contribution >= 4 is 10.1 Å². The molecule has 0 saturated carbocycles. The van der Waals surface area contributed by atoms with Crippen LogP contribution in [0, 0.1) is 6.92 Å². The minimum absolute atomic E-state index is 0.0379. The van der Waals surface area contributed by atoms with E-state index in [4.69, 9.17) is 27.9 Å². The first kappa shape index (κ1) is 38.0. The Kier molecular flexibility index (Phi) is 25.7. The van der Waals surface area contributed by atoms with E-state index >= 15 is 0 Å². The third-order valence-corrected chi connectivity index (χ3v) is 7.98. The third-order valence-electron chi connectivity index (χ3n) is 6.66. The Hall–Kier alpha value is -1.07. The number of ether oxygens (including phenoxy) is 5. The van der Waals surface area contributed by atoms with Crippen LogP contribution >= 0.6 is 0 Å². The standard InChI is InChI=1S/C32H58O8S/c1-3-4-5-6-7-8-9-10-11-12-13-14-15-20-35-21-22-36-23-24-37-25-26-38-27-28-39-29-30-40-41(33,34)32-18-16-31(2)17-19-32/h16-19H,3-15,20-30H2,1-2H3. The largest absolute Gasteiger partial charge is 0.379 e. The molecule has 41 heavy (non-hydrogen) atoms. The molecule has 0 radical (unpaired) electrons. The van der Waals surface area contributed by atoms with Crippen molar-refractivity contribution < 1.29 is 36.3 Å². The van der Waals surface area contributed by atoms with Crippen molar-refractivity contribution in [1.82, 2.24) is 0 Å². The monoisotopic (exact) mass is 602 g/mol. The maximum absolute atomic E-state index is 12.1. The molecule has 9 heteroatoms. The summed E-state index contributed by atoms with van der Waals surface area (Å²) in [6.45, 7) is 9.10. The van der Waals surface area contributed by atoms with Gasteiger partial charge < -0.3 is 23.7 Å². The second-order valence-electron chi connectivity index (χ2n) is 10.4. The number of aryl methyl sites for hydroxylation is 1. The first-order valence-corrected chi connectivity index (χ1v) is 17.3. The van der Waals surface area contributed by atoms with Gasteiger partial charge in [-0.05, 0) is 25.5 Å². The van der Waals surface area contributed by atoms with E-state index in [0.29, 0.717) is 52.9 Å². The van der Waals surface area contributed by atoms with E-state index in [0.717, 1.165) is 18.6 Å². The molecule has 0 fully saturated rings. The van der Waals surface area contributed by atoms with Gasteiger partial charge in [0.05, 0.1) is 71.0 Å². The van der Waals surface area contributed by atoms with Crippen LogP contribution in [0.5, 0.6) is 0 Å². The Labute approximate surface area is 250 Å². The van der Waals surface area contributed by atoms with Gasteiger partial charge in [0.1, 0.15) is 0 Å². The predicted molar refractivity (Wildman–Crippen MR) is 164 cm³/mol. The average Bonchev–Trinajstić information content (AvgIpc) is 2.96. The molecule has 0 aliphatic rings. The normalized spacial score (nSPS) is 11.9. The molecule has 1 rings (SSSR count). The maximum Gasteiger partial charge on any atom is 0.297 e. The van der Waals surface area contributed by atoms with Gasteiger partial charge >= 0.3 is 0 Å². The predicted octanol–water partition coefficient (Wildman–Crippen LogP) is 6.87. The molecule has 0 spiro atoms. The summed E-state index contributed by atoms with van der Waals surface area (Å²) in [6, 6.07) is 6.53. The summed E-state index contributed by atoms with van der Waals surface area (Å²) in [5.41, 5.74) is 0.988. The summed E-state index contributed by atoms with van der Waals surface area (Å²) in [5, 5.41) is 0. The minimum Gasteiger partial charge on any atom is -0.379 e. The van der Waals surface area contributed by atoms with Gasteiger partial charge in [0.2, 0.25) is 0 Å². The van der Waals surface area contributed by atoms with Gasteiger partial charge in [-0.1, -0.05) is 102 Å². The van der Waals surface area contributed by atoms with Crippen LogP contribution in [-0.4, -0.2) is 81.1 Å². The molecular formula is C32H58O8S. The molecular weight excluding hydrogens is 544 g/mol. The highest BCUT2D eigenvalue weighted by Gasteiger charge is 2.14. The summed E-state index contributed by atoms with van der Waals surface area (Å²) in [4.78, 5) is 0.144. The van der Waals surface area contributed by atoms with Gasteiger partial charge in [-0.3, -0.25) is 4.18 Å². The van der Waals surface area contributed by atoms with Crippen molar-refractivity contribution in [2.45, 2.75) is 102 Å². The maximum atomic E-state index is 12.1. The van der Waals surface area contributed by atoms with Gasteiger partial charge in [0, 0.05) is 6.61 Å². The summed E-state index contributed by atoms with van der Waals surface area (Å²) in [6.07, 6.45) is 17.7. The Bertz CT molecular complexity index is 785. The molecule has 0 saturated heterocycles. The average molecular weight is 603 g/mol. The molecule has 8 nitrogen and oxygen atoms in total. The van der Waals surface area contributed by atoms with Crippen LogP contribution < -0.4 is 0 Å². The second kappa shape index (κ2) is 27.7. The molecule has 240 valence electrons. The lowest BCUT2D eigenvalue weighted by atomic mass is 10.0. The molecule has 0 atom stereocenters. The van der Waals surface area contributed by atoms with Gasteiger partial charge in [-0.2, -0.15) is 8.42 Å². The minimum atomic E-state index is -3.75. The quantitative estimate of drug-likeness (QED) is 0.0672. The zero-order chi connectivity index (χ0) is 29.7. The van der Waals surface area contributed by atoms with Gasteiger partial charge in [-0.25, -0.2) is 0 Å². The Morgan fingerprint density at radius 1 is 0.463 bits per heavy atom. The van der Waals surface area contributed by atoms with E-state index < -0.39 is 10.1 Å². The van der Waals surface area contributed by atoms with Crippen molar-refractivity contribution in [3.8, 4) is 0 Å². The number of hydrogen-bond acceptors (Lipinski definition) is 8. The molecule has 0 bridgehead atoms. The van der Waals surface area contributed by atoms with Crippen molar-refractivity contribution in [3.05, 3.63) is 29.8 Å². The zero-order valence-corrected chi connectivity index (χ0v) is 26.8. The van der Waals surface area contributed by atoms with Crippen LogP contribution in [0.4, 0.5) is 0 Å². The van der Waals surface area contributed by atoms with E-state index in [2.05, 4.69) is 6.92 Å². The van der Waals surface area contributed by atoms with Crippen LogP contribution in [0.2, 0.25) is 0 Å². The first-order chi connectivity index (χ1) is 20.1. The van der Waals surface area contributed by atoms with Gasteiger partial charge in [-0.15, -0.1) is 0 Å². The van der Waals surface area contributed by atoms with Crippen LogP contribution in [0.1, 0.15) is 96.0 Å². The van der Waals surface area contributed by atoms with E-state index in [1.54, 1.807) is 12.1 Å². The highest BCUT2D eigenvalue weighted by atomic mass is 32.2. The SMILES string of the molecule is CCCCCCCCCCCCCCCOCCOCCOCCOCCOCCOS(=O)(=O)c1ccc(C)cc1. The highest BCUT2D eigenvalue weighted by molar-refractivity contribution is 7.86. The Balaban J connectivity index is 1.71. The molecule has 0 unspecified atom stereocenters. The van der Waals surface area contributed by atoms with Crippen LogP contribution in [0.15, 0.2) is 29.2 Å². The number of hydrogen-bond donors (Lipinski definition) is 0. The van der Waals surface area contributed by atoms with E-state index in [9.17, 15) is 8.42 Å². The molecule has 0 aromatic heterocycles. The number of benzene rings is 1. The lowest BCUT2D eigenvalue weighted by molar-refractivity contribution is -0.0127. The smallest absolute Gasteiger partial charge is 0.297 e. The molecule has 1 aromatic carbocycles. The Morgan fingerprint density at radius 2 is 0.805 bits per heavy atom. The van der Waals surface area contributed by atoms with Crippen molar-refractivity contribution in [2.24, 2.45) is 0 Å². The summed E-state index contributed by atoms with van der Waals surface area (Å²) in [7, 11) is -3.75. The topological polar surface area (TPSA) is 89.5 Å². The van der Waals surface area contributed by atoms with Crippen molar-refractivity contribution in [1.29, 1.82) is 0 Å². The fourth-order valence-corrected chi connectivity index (χ4v) is 5.07. The molecule has 0 aliphatic carbocycles. The van der Waals surface area contributed by atoms with Gasteiger partial charge in [0.15, 0.2) is 0 Å². The molecule has 0 amide bonds. The lowest BCUT2D eigenvalue weighted by Gasteiger charge is -2.08. The Morgan fingerprint density at radius 3 is 1.22 bits per heavy atom. The van der Waals surface area contributed by atoms with Crippen LogP contribution in [0.3, 0.4) is 0 Å². The number of rotatable bonds is 31. The fourth-order valence-electron chi connectivity index (χ4n) is 4.18. The molecule has 0 N–H and O–H groups in total. The fraction of sp³-hybridized carbons (Fsp3) is 0.812. The highest BCUT2D eigenvalue weighted by Crippen LogP contribution is 2.13. The number of unbranched alkanes of at least 4 members (excludes halogenated alkanes) is 12. The molecule has 0 aliphatic heterocycles. The van der Waals surface area contributed by atoms with Gasteiger partial charge in [0.25, 0.3) is 10.1 Å². The second-order valence-corrected chi connectivity index (χ2v) is 12.0.